The fraction of sp³-hybridized carbons (Fsp3) is 0.125. The molecule has 1 aliphatic heterocycles. The Bertz CT molecular complexity index is 331. The first-order valence-corrected chi connectivity index (χ1v) is 5.01. The Morgan fingerprint density at radius 3 is 2.57 bits per heavy atom. The van der Waals surface area contributed by atoms with Crippen molar-refractivity contribution >= 4 is 34.6 Å². The lowest BCUT2D eigenvalue weighted by molar-refractivity contribution is 0.226. The number of halogens is 1. The Morgan fingerprint density at radius 1 is 1.29 bits per heavy atom. The molecule has 0 atom stereocenters. The average Bonchev–Trinajstić information content (AvgIpc) is 2.61. The Morgan fingerprint density at radius 2 is 2.00 bits per heavy atom. The molecule has 2 N–H and O–H groups in total. The molecule has 0 spiro atoms. The number of thiocarbonyl (C=S) groups is 1. The van der Waals surface area contributed by atoms with Crippen LogP contribution in [-0.4, -0.2) is 16.2 Å². The molecule has 1 heterocycles. The lowest BCUT2D eigenvalue weighted by Crippen LogP contribution is -2.41. The van der Waals surface area contributed by atoms with Gasteiger partial charge in [-0.25, -0.2) is 5.01 Å². The van der Waals surface area contributed by atoms with Crippen LogP contribution in [0.3, 0.4) is 0 Å². The van der Waals surface area contributed by atoms with Crippen molar-refractivity contribution in [1.29, 1.82) is 0 Å². The molecular formula is C8H9ClN4S. The van der Waals surface area contributed by atoms with E-state index in [-0.39, 0.29) is 0 Å². The number of alkyl halides is 1. The predicted octanol–water partition coefficient (Wildman–Crippen LogP) is 1.21. The van der Waals surface area contributed by atoms with Gasteiger partial charge in [0.1, 0.15) is 6.00 Å². The van der Waals surface area contributed by atoms with Gasteiger partial charge in [-0.05, 0) is 24.4 Å². The molecule has 74 valence electrons. The molecule has 4 nitrogen and oxygen atoms in total. The van der Waals surface area contributed by atoms with E-state index in [1.165, 1.54) is 0 Å². The van der Waals surface area contributed by atoms with Crippen molar-refractivity contribution < 1.29 is 0 Å². The molecule has 1 saturated heterocycles. The number of hydrazine groups is 3. The summed E-state index contributed by atoms with van der Waals surface area (Å²) in [4.78, 5) is 0. The summed E-state index contributed by atoms with van der Waals surface area (Å²) in [6.07, 6.45) is 0. The van der Waals surface area contributed by atoms with Gasteiger partial charge in [0.05, 0.1) is 5.69 Å². The lowest BCUT2D eigenvalue weighted by atomic mass is 10.3. The maximum Gasteiger partial charge on any atom is 0.205 e. The van der Waals surface area contributed by atoms with Crippen molar-refractivity contribution in [1.82, 2.24) is 16.1 Å². The standard InChI is InChI=1S/C8H9ClN4S/c9-6-12-10-8(14)13(11-12)7-4-2-1-3-5-7/h1-5,11H,6H2,(H,10,14). The van der Waals surface area contributed by atoms with Gasteiger partial charge in [-0.15, -0.1) is 22.3 Å². The van der Waals surface area contributed by atoms with Crippen molar-refractivity contribution in [2.24, 2.45) is 0 Å². The monoisotopic (exact) mass is 228 g/mol. The minimum Gasteiger partial charge on any atom is -0.278 e. The second kappa shape index (κ2) is 4.10. The molecule has 0 amide bonds. The van der Waals surface area contributed by atoms with Gasteiger partial charge in [0.25, 0.3) is 0 Å². The van der Waals surface area contributed by atoms with E-state index in [9.17, 15) is 0 Å². The SMILES string of the molecule is S=C1NN(CCl)NN1c1ccccc1. The molecule has 0 aromatic heterocycles. The molecule has 0 unspecified atom stereocenters. The van der Waals surface area contributed by atoms with Crippen LogP contribution in [0.2, 0.25) is 0 Å². The van der Waals surface area contributed by atoms with E-state index in [1.807, 2.05) is 30.3 Å². The third kappa shape index (κ3) is 1.80. The maximum atomic E-state index is 5.64. The van der Waals surface area contributed by atoms with Crippen molar-refractivity contribution in [3.63, 3.8) is 0 Å². The topological polar surface area (TPSA) is 30.5 Å². The van der Waals surface area contributed by atoms with E-state index in [4.69, 9.17) is 23.8 Å². The summed E-state index contributed by atoms with van der Waals surface area (Å²) in [5.41, 5.74) is 6.86. The largest absolute Gasteiger partial charge is 0.278 e. The molecular weight excluding hydrogens is 220 g/mol. The van der Waals surface area contributed by atoms with Gasteiger partial charge in [-0.1, -0.05) is 18.2 Å². The zero-order valence-corrected chi connectivity index (χ0v) is 8.85. The number of nitrogens with zero attached hydrogens (tertiary/aromatic N) is 2. The fourth-order valence-electron chi connectivity index (χ4n) is 1.17. The van der Waals surface area contributed by atoms with Gasteiger partial charge in [0.2, 0.25) is 5.11 Å². The zero-order chi connectivity index (χ0) is 9.97. The second-order valence-corrected chi connectivity index (χ2v) is 3.36. The number of hydrogen-bond donors (Lipinski definition) is 2. The van der Waals surface area contributed by atoms with Crippen LogP contribution in [-0.2, 0) is 0 Å². The van der Waals surface area contributed by atoms with Gasteiger partial charge >= 0.3 is 0 Å². The molecule has 0 bridgehead atoms. The van der Waals surface area contributed by atoms with Crippen molar-refractivity contribution in [2.45, 2.75) is 0 Å². The second-order valence-electron chi connectivity index (χ2n) is 2.74. The molecule has 0 aliphatic carbocycles. The Balaban J connectivity index is 2.17. The molecule has 0 radical (unpaired) electrons. The average molecular weight is 229 g/mol. The van der Waals surface area contributed by atoms with Crippen LogP contribution in [0, 0.1) is 0 Å². The molecule has 1 aromatic rings. The summed E-state index contributed by atoms with van der Waals surface area (Å²) in [6, 6.07) is 10.1. The molecule has 1 fully saturated rings. The Hall–Kier alpha value is -0.880. The van der Waals surface area contributed by atoms with Crippen molar-refractivity contribution in [3.05, 3.63) is 30.3 Å². The summed E-state index contributed by atoms with van der Waals surface area (Å²) >= 11 is 10.8. The number of benzene rings is 1. The lowest BCUT2D eigenvalue weighted by Gasteiger charge is -2.16. The van der Waals surface area contributed by atoms with E-state index in [0.29, 0.717) is 11.1 Å². The van der Waals surface area contributed by atoms with Crippen LogP contribution in [0.4, 0.5) is 5.69 Å². The fourth-order valence-corrected chi connectivity index (χ4v) is 1.53. The number of anilines is 1. The van der Waals surface area contributed by atoms with Crippen LogP contribution in [0.15, 0.2) is 30.3 Å². The molecule has 0 saturated carbocycles. The normalized spacial score (nSPS) is 17.2. The summed E-state index contributed by atoms with van der Waals surface area (Å²) in [5.74, 6) is 0. The van der Waals surface area contributed by atoms with E-state index in [2.05, 4.69) is 11.0 Å². The van der Waals surface area contributed by atoms with Crippen LogP contribution < -0.4 is 16.0 Å². The van der Waals surface area contributed by atoms with Crippen LogP contribution >= 0.6 is 23.8 Å². The molecule has 1 aliphatic rings. The quantitative estimate of drug-likeness (QED) is 0.452. The molecule has 2 rings (SSSR count). The highest BCUT2D eigenvalue weighted by atomic mass is 35.5. The number of para-hydroxylation sites is 1. The van der Waals surface area contributed by atoms with Gasteiger partial charge in [0.15, 0.2) is 0 Å². The first kappa shape index (κ1) is 9.67. The highest BCUT2D eigenvalue weighted by Crippen LogP contribution is 2.13. The van der Waals surface area contributed by atoms with Gasteiger partial charge < -0.3 is 0 Å². The van der Waals surface area contributed by atoms with Crippen molar-refractivity contribution in [2.75, 3.05) is 11.0 Å². The van der Waals surface area contributed by atoms with Crippen LogP contribution in [0.5, 0.6) is 0 Å². The van der Waals surface area contributed by atoms with Gasteiger partial charge in [0, 0.05) is 0 Å². The molecule has 14 heavy (non-hydrogen) atoms. The highest BCUT2D eigenvalue weighted by Gasteiger charge is 2.23. The van der Waals surface area contributed by atoms with Gasteiger partial charge in [-0.2, -0.15) is 0 Å². The van der Waals surface area contributed by atoms with E-state index >= 15 is 0 Å². The van der Waals surface area contributed by atoms with E-state index in [1.54, 1.807) is 10.1 Å². The third-order valence-electron chi connectivity index (χ3n) is 1.79. The molecule has 1 aromatic carbocycles. The number of hydrogen-bond acceptors (Lipinski definition) is 3. The van der Waals surface area contributed by atoms with Crippen LogP contribution in [0.1, 0.15) is 0 Å². The zero-order valence-electron chi connectivity index (χ0n) is 7.27. The number of nitrogens with one attached hydrogen (secondary N) is 2. The summed E-state index contributed by atoms with van der Waals surface area (Å²) in [7, 11) is 0. The van der Waals surface area contributed by atoms with Crippen LogP contribution in [0.25, 0.3) is 0 Å². The van der Waals surface area contributed by atoms with Gasteiger partial charge in [-0.3, -0.25) is 5.43 Å². The minimum atomic E-state index is 0.309. The Kier molecular flexibility index (Phi) is 2.83. The number of rotatable bonds is 2. The predicted molar refractivity (Wildman–Crippen MR) is 60.3 cm³/mol. The van der Waals surface area contributed by atoms with E-state index < -0.39 is 0 Å². The third-order valence-corrected chi connectivity index (χ3v) is 2.30. The Labute approximate surface area is 92.3 Å². The first-order chi connectivity index (χ1) is 6.81. The smallest absolute Gasteiger partial charge is 0.205 e. The minimum absolute atomic E-state index is 0.309. The first-order valence-electron chi connectivity index (χ1n) is 4.07. The van der Waals surface area contributed by atoms with E-state index in [0.717, 1.165) is 5.69 Å². The summed E-state index contributed by atoms with van der Waals surface area (Å²) in [6.45, 7) is 0. The summed E-state index contributed by atoms with van der Waals surface area (Å²) < 4.78 is 0. The summed E-state index contributed by atoms with van der Waals surface area (Å²) in [5, 5.41) is 3.92. The maximum absolute atomic E-state index is 5.64. The van der Waals surface area contributed by atoms with Crippen molar-refractivity contribution in [3.8, 4) is 0 Å². The molecule has 6 heteroatoms. The highest BCUT2D eigenvalue weighted by molar-refractivity contribution is 7.80.